The lowest BCUT2D eigenvalue weighted by Crippen LogP contribution is -2.45. The Hall–Kier alpha value is -2.57. The molecule has 130 valence electrons. The summed E-state index contributed by atoms with van der Waals surface area (Å²) in [4.78, 5) is 38.9. The molecular formula is C17H23N3O4. The molecule has 1 fully saturated rings. The van der Waals surface area contributed by atoms with Crippen molar-refractivity contribution < 1.29 is 19.1 Å². The fourth-order valence-corrected chi connectivity index (χ4v) is 2.65. The van der Waals surface area contributed by atoms with Crippen LogP contribution in [-0.4, -0.2) is 56.5 Å². The van der Waals surface area contributed by atoms with Gasteiger partial charge in [-0.1, -0.05) is 6.07 Å². The molecule has 1 aromatic carbocycles. The van der Waals surface area contributed by atoms with Crippen LogP contribution in [0.3, 0.4) is 0 Å². The Morgan fingerprint density at radius 1 is 1.33 bits per heavy atom. The first-order valence-electron chi connectivity index (χ1n) is 7.90. The van der Waals surface area contributed by atoms with E-state index < -0.39 is 11.9 Å². The molecule has 1 heterocycles. The zero-order valence-corrected chi connectivity index (χ0v) is 14.0. The Kier molecular flexibility index (Phi) is 5.78. The Bertz CT molecular complexity index is 630. The van der Waals surface area contributed by atoms with Crippen molar-refractivity contribution >= 4 is 23.5 Å². The number of likely N-dealkylation sites (tertiary alicyclic amines) is 1. The molecule has 2 rings (SSSR count). The molecule has 1 aliphatic rings. The number of esters is 1. The van der Waals surface area contributed by atoms with Gasteiger partial charge in [0.15, 0.2) is 6.61 Å². The maximum atomic E-state index is 12.2. The average molecular weight is 333 g/mol. The molecule has 0 spiro atoms. The third-order valence-corrected chi connectivity index (χ3v) is 4.10. The van der Waals surface area contributed by atoms with Gasteiger partial charge in [0.1, 0.15) is 0 Å². The number of benzene rings is 1. The molecule has 1 aliphatic heterocycles. The van der Waals surface area contributed by atoms with Gasteiger partial charge >= 0.3 is 5.97 Å². The molecule has 1 aromatic rings. The van der Waals surface area contributed by atoms with Crippen molar-refractivity contribution in [1.29, 1.82) is 0 Å². The molecule has 1 saturated heterocycles. The summed E-state index contributed by atoms with van der Waals surface area (Å²) in [6.45, 7) is 0.509. The van der Waals surface area contributed by atoms with Gasteiger partial charge in [-0.25, -0.2) is 4.79 Å². The molecule has 7 nitrogen and oxygen atoms in total. The van der Waals surface area contributed by atoms with Crippen LogP contribution in [0, 0.1) is 5.92 Å². The number of anilines is 1. The number of hydrogen-bond donors (Lipinski definition) is 1. The summed E-state index contributed by atoms with van der Waals surface area (Å²) in [5, 5.41) is 0. The van der Waals surface area contributed by atoms with Gasteiger partial charge in [0, 0.05) is 32.9 Å². The van der Waals surface area contributed by atoms with Crippen LogP contribution in [0.4, 0.5) is 5.69 Å². The fraction of sp³-hybridized carbons (Fsp3) is 0.471. The first kappa shape index (κ1) is 17.8. The van der Waals surface area contributed by atoms with Crippen LogP contribution in [0.25, 0.3) is 0 Å². The van der Waals surface area contributed by atoms with E-state index in [1.54, 1.807) is 18.2 Å². The second kappa shape index (κ2) is 7.81. The van der Waals surface area contributed by atoms with E-state index in [1.165, 1.54) is 4.90 Å². The van der Waals surface area contributed by atoms with E-state index in [1.807, 2.05) is 25.1 Å². The van der Waals surface area contributed by atoms with Gasteiger partial charge in [0.2, 0.25) is 5.91 Å². The van der Waals surface area contributed by atoms with Gasteiger partial charge in [-0.15, -0.1) is 0 Å². The lowest BCUT2D eigenvalue weighted by atomic mass is 9.97. The number of piperidine rings is 1. The molecule has 0 aromatic heterocycles. The predicted octanol–water partition coefficient (Wildman–Crippen LogP) is 0.633. The SMILES string of the molecule is CN(C)c1cccc(C(=O)OCC(=O)N2CCC[C@H](C(N)=O)C2)c1. The van der Waals surface area contributed by atoms with E-state index in [4.69, 9.17) is 10.5 Å². The van der Waals surface area contributed by atoms with Crippen LogP contribution >= 0.6 is 0 Å². The second-order valence-electron chi connectivity index (χ2n) is 6.10. The van der Waals surface area contributed by atoms with Crippen molar-refractivity contribution in [2.45, 2.75) is 12.8 Å². The van der Waals surface area contributed by atoms with E-state index in [2.05, 4.69) is 0 Å². The monoisotopic (exact) mass is 333 g/mol. The number of primary amides is 1. The van der Waals surface area contributed by atoms with Crippen molar-refractivity contribution in [2.75, 3.05) is 38.7 Å². The molecule has 0 unspecified atom stereocenters. The van der Waals surface area contributed by atoms with Crippen LogP contribution in [0.5, 0.6) is 0 Å². The number of rotatable bonds is 5. The molecule has 0 radical (unpaired) electrons. The Balaban J connectivity index is 1.90. The van der Waals surface area contributed by atoms with E-state index in [0.29, 0.717) is 25.1 Å². The number of carbonyl (C=O) groups excluding carboxylic acids is 3. The molecule has 24 heavy (non-hydrogen) atoms. The predicted molar refractivity (Wildman–Crippen MR) is 89.5 cm³/mol. The van der Waals surface area contributed by atoms with Gasteiger partial charge in [0.25, 0.3) is 5.91 Å². The summed E-state index contributed by atoms with van der Waals surface area (Å²) in [6.07, 6.45) is 1.41. The smallest absolute Gasteiger partial charge is 0.338 e. The second-order valence-corrected chi connectivity index (χ2v) is 6.10. The third kappa shape index (κ3) is 4.47. The minimum Gasteiger partial charge on any atom is -0.452 e. The summed E-state index contributed by atoms with van der Waals surface area (Å²) >= 11 is 0. The molecular weight excluding hydrogens is 310 g/mol. The maximum Gasteiger partial charge on any atom is 0.338 e. The topological polar surface area (TPSA) is 92.9 Å². The summed E-state index contributed by atoms with van der Waals surface area (Å²) < 4.78 is 5.11. The molecule has 2 amide bonds. The normalized spacial score (nSPS) is 17.2. The van der Waals surface area contributed by atoms with E-state index in [9.17, 15) is 14.4 Å². The molecule has 7 heteroatoms. The zero-order chi connectivity index (χ0) is 17.7. The highest BCUT2D eigenvalue weighted by Gasteiger charge is 2.27. The minimum absolute atomic E-state index is 0.293. The van der Waals surface area contributed by atoms with Crippen molar-refractivity contribution in [1.82, 2.24) is 4.90 Å². The van der Waals surface area contributed by atoms with E-state index in [0.717, 1.165) is 12.1 Å². The van der Waals surface area contributed by atoms with Crippen LogP contribution in [0.15, 0.2) is 24.3 Å². The fourth-order valence-electron chi connectivity index (χ4n) is 2.65. The van der Waals surface area contributed by atoms with Gasteiger partial charge < -0.3 is 20.3 Å². The minimum atomic E-state index is -0.546. The van der Waals surface area contributed by atoms with Gasteiger partial charge in [-0.05, 0) is 31.0 Å². The van der Waals surface area contributed by atoms with Crippen molar-refractivity contribution in [3.63, 3.8) is 0 Å². The van der Waals surface area contributed by atoms with Crippen molar-refractivity contribution in [3.8, 4) is 0 Å². The van der Waals surface area contributed by atoms with Crippen LogP contribution in [0.2, 0.25) is 0 Å². The first-order valence-corrected chi connectivity index (χ1v) is 7.90. The Morgan fingerprint density at radius 3 is 2.75 bits per heavy atom. The number of ether oxygens (including phenoxy) is 1. The third-order valence-electron chi connectivity index (χ3n) is 4.10. The molecule has 1 atom stereocenters. The van der Waals surface area contributed by atoms with Gasteiger partial charge in [-0.2, -0.15) is 0 Å². The Morgan fingerprint density at radius 2 is 2.08 bits per heavy atom. The lowest BCUT2D eigenvalue weighted by molar-refractivity contribution is -0.137. The molecule has 0 bridgehead atoms. The maximum absolute atomic E-state index is 12.2. The number of hydrogen-bond acceptors (Lipinski definition) is 5. The standard InChI is InChI=1S/C17H23N3O4/c1-19(2)14-7-3-5-12(9-14)17(23)24-11-15(21)20-8-4-6-13(10-20)16(18)22/h3,5,7,9,13H,4,6,8,10-11H2,1-2H3,(H2,18,22)/t13-/m0/s1. The first-order chi connectivity index (χ1) is 11.4. The molecule has 0 saturated carbocycles. The highest BCUT2D eigenvalue weighted by atomic mass is 16.5. The quantitative estimate of drug-likeness (QED) is 0.798. The number of nitrogens with zero attached hydrogens (tertiary/aromatic N) is 2. The van der Waals surface area contributed by atoms with Crippen LogP contribution in [-0.2, 0) is 14.3 Å². The highest BCUT2D eigenvalue weighted by molar-refractivity contribution is 5.92. The summed E-state index contributed by atoms with van der Waals surface area (Å²) in [7, 11) is 3.75. The van der Waals surface area contributed by atoms with E-state index >= 15 is 0 Å². The molecule has 2 N–H and O–H groups in total. The number of carbonyl (C=O) groups is 3. The van der Waals surface area contributed by atoms with Gasteiger partial charge in [0.05, 0.1) is 11.5 Å². The number of nitrogens with two attached hydrogens (primary N) is 1. The summed E-state index contributed by atoms with van der Waals surface area (Å²) in [5.74, 6) is -1.58. The number of amides is 2. The lowest BCUT2D eigenvalue weighted by Gasteiger charge is -2.31. The van der Waals surface area contributed by atoms with E-state index in [-0.39, 0.29) is 18.4 Å². The summed E-state index contributed by atoms with van der Waals surface area (Å²) in [6, 6.07) is 6.98. The molecule has 0 aliphatic carbocycles. The van der Waals surface area contributed by atoms with Gasteiger partial charge in [-0.3, -0.25) is 9.59 Å². The van der Waals surface area contributed by atoms with Crippen LogP contribution in [0.1, 0.15) is 23.2 Å². The zero-order valence-electron chi connectivity index (χ0n) is 14.0. The van der Waals surface area contributed by atoms with Crippen molar-refractivity contribution in [3.05, 3.63) is 29.8 Å². The van der Waals surface area contributed by atoms with Crippen LogP contribution < -0.4 is 10.6 Å². The largest absolute Gasteiger partial charge is 0.452 e. The summed E-state index contributed by atoms with van der Waals surface area (Å²) in [5.41, 5.74) is 6.56. The average Bonchev–Trinajstić information content (AvgIpc) is 2.59. The Labute approximate surface area is 141 Å². The highest BCUT2D eigenvalue weighted by Crippen LogP contribution is 2.17. The van der Waals surface area contributed by atoms with Crippen molar-refractivity contribution in [2.24, 2.45) is 11.7 Å².